The summed E-state index contributed by atoms with van der Waals surface area (Å²) >= 11 is 2.26. The molecule has 104 valence electrons. The first-order valence-electron chi connectivity index (χ1n) is 6.79. The number of piperidine rings is 1. The van der Waals surface area contributed by atoms with Crippen LogP contribution in [0.5, 0.6) is 0 Å². The molecule has 0 spiro atoms. The average Bonchev–Trinajstić information content (AvgIpc) is 2.42. The van der Waals surface area contributed by atoms with Crippen LogP contribution in [0.3, 0.4) is 0 Å². The highest BCUT2D eigenvalue weighted by Crippen LogP contribution is 2.21. The van der Waals surface area contributed by atoms with Crippen LogP contribution >= 0.6 is 22.6 Å². The molecule has 0 atom stereocenters. The lowest BCUT2D eigenvalue weighted by molar-refractivity contribution is 0.0145. The molecule has 3 nitrogen and oxygen atoms in total. The van der Waals surface area contributed by atoms with Gasteiger partial charge in [0, 0.05) is 23.3 Å². The summed E-state index contributed by atoms with van der Waals surface area (Å²) < 4.78 is 6.69. The van der Waals surface area contributed by atoms with Crippen LogP contribution in [0.25, 0.3) is 0 Å². The number of hydrogen-bond donors (Lipinski definition) is 0. The maximum absolute atomic E-state index is 12.5. The molecule has 1 heterocycles. The topological polar surface area (TPSA) is 29.5 Å². The second-order valence-corrected chi connectivity index (χ2v) is 5.96. The summed E-state index contributed by atoms with van der Waals surface area (Å²) in [6.07, 6.45) is 2.22. The molecule has 4 heteroatoms. The molecule has 1 aliphatic rings. The fourth-order valence-electron chi connectivity index (χ4n) is 2.44. The second kappa shape index (κ2) is 6.70. The van der Waals surface area contributed by atoms with E-state index in [0.29, 0.717) is 6.10 Å². The van der Waals surface area contributed by atoms with Gasteiger partial charge in [-0.25, -0.2) is 0 Å². The lowest BCUT2D eigenvalue weighted by Crippen LogP contribution is -2.41. The first-order chi connectivity index (χ1) is 9.13. The Bertz CT molecular complexity index is 453. The standard InChI is InChI=1S/C15H20INO2/c1-3-19-12-7-9-17(10-8-12)15(18)13-6-4-5-11(2)14(13)16/h4-6,12H,3,7-10H2,1-2H3. The molecular weight excluding hydrogens is 353 g/mol. The number of likely N-dealkylation sites (tertiary alicyclic amines) is 1. The number of halogens is 1. The van der Waals surface area contributed by atoms with Crippen LogP contribution in [-0.4, -0.2) is 36.6 Å². The van der Waals surface area contributed by atoms with Gasteiger partial charge >= 0.3 is 0 Å². The van der Waals surface area contributed by atoms with Crippen LogP contribution in [0.1, 0.15) is 35.7 Å². The van der Waals surface area contributed by atoms with Crippen molar-refractivity contribution in [1.82, 2.24) is 4.90 Å². The van der Waals surface area contributed by atoms with Gasteiger partial charge in [-0.15, -0.1) is 0 Å². The minimum Gasteiger partial charge on any atom is -0.378 e. The van der Waals surface area contributed by atoms with Gasteiger partial charge in [0.05, 0.1) is 11.7 Å². The minimum absolute atomic E-state index is 0.156. The van der Waals surface area contributed by atoms with Crippen molar-refractivity contribution in [3.8, 4) is 0 Å². The molecule has 1 saturated heterocycles. The third kappa shape index (κ3) is 3.48. The summed E-state index contributed by atoms with van der Waals surface area (Å²) in [5.74, 6) is 0.156. The summed E-state index contributed by atoms with van der Waals surface area (Å²) in [6.45, 7) is 6.42. The van der Waals surface area contributed by atoms with E-state index < -0.39 is 0 Å². The number of carbonyl (C=O) groups is 1. The number of rotatable bonds is 3. The lowest BCUT2D eigenvalue weighted by atomic mass is 10.1. The van der Waals surface area contributed by atoms with Gasteiger partial charge in [0.2, 0.25) is 0 Å². The molecule has 0 aromatic heterocycles. The van der Waals surface area contributed by atoms with Crippen molar-refractivity contribution in [1.29, 1.82) is 0 Å². The van der Waals surface area contributed by atoms with Crippen LogP contribution < -0.4 is 0 Å². The molecule has 1 fully saturated rings. The van der Waals surface area contributed by atoms with E-state index in [1.54, 1.807) is 0 Å². The fraction of sp³-hybridized carbons (Fsp3) is 0.533. The Morgan fingerprint density at radius 3 is 2.74 bits per heavy atom. The third-order valence-electron chi connectivity index (χ3n) is 3.55. The summed E-state index contributed by atoms with van der Waals surface area (Å²) in [6, 6.07) is 5.92. The number of hydrogen-bond acceptors (Lipinski definition) is 2. The van der Waals surface area contributed by atoms with Crippen molar-refractivity contribution < 1.29 is 9.53 Å². The van der Waals surface area contributed by atoms with Gasteiger partial charge in [0.25, 0.3) is 5.91 Å². The van der Waals surface area contributed by atoms with E-state index in [9.17, 15) is 4.79 Å². The summed E-state index contributed by atoms with van der Waals surface area (Å²) in [7, 11) is 0. The van der Waals surface area contributed by atoms with Crippen molar-refractivity contribution in [2.45, 2.75) is 32.8 Å². The molecular formula is C15H20INO2. The molecule has 1 aliphatic heterocycles. The Morgan fingerprint density at radius 1 is 1.42 bits per heavy atom. The van der Waals surface area contributed by atoms with E-state index in [4.69, 9.17) is 4.74 Å². The van der Waals surface area contributed by atoms with Crippen molar-refractivity contribution >= 4 is 28.5 Å². The van der Waals surface area contributed by atoms with Crippen molar-refractivity contribution in [3.05, 3.63) is 32.9 Å². The maximum Gasteiger partial charge on any atom is 0.254 e. The largest absolute Gasteiger partial charge is 0.378 e. The predicted octanol–water partition coefficient (Wildman–Crippen LogP) is 3.24. The molecule has 0 N–H and O–H groups in total. The fourth-order valence-corrected chi connectivity index (χ4v) is 3.03. The van der Waals surface area contributed by atoms with Crippen LogP contribution in [0, 0.1) is 10.5 Å². The normalized spacial score (nSPS) is 16.7. The molecule has 19 heavy (non-hydrogen) atoms. The zero-order valence-corrected chi connectivity index (χ0v) is 13.6. The van der Waals surface area contributed by atoms with Crippen LogP contribution in [0.15, 0.2) is 18.2 Å². The molecule has 2 rings (SSSR count). The van der Waals surface area contributed by atoms with Crippen LogP contribution in [0.2, 0.25) is 0 Å². The molecule has 0 unspecified atom stereocenters. The quantitative estimate of drug-likeness (QED) is 0.762. The van der Waals surface area contributed by atoms with Crippen molar-refractivity contribution in [2.24, 2.45) is 0 Å². The van der Waals surface area contributed by atoms with Crippen LogP contribution in [0.4, 0.5) is 0 Å². The molecule has 1 amide bonds. The SMILES string of the molecule is CCOC1CCN(C(=O)c2cccc(C)c2I)CC1. The van der Waals surface area contributed by atoms with Gasteiger partial charge < -0.3 is 9.64 Å². The Balaban J connectivity index is 2.03. The number of carbonyl (C=O) groups excluding carboxylic acids is 1. The van der Waals surface area contributed by atoms with Gasteiger partial charge in [-0.2, -0.15) is 0 Å². The predicted molar refractivity (Wildman–Crippen MR) is 84.4 cm³/mol. The monoisotopic (exact) mass is 373 g/mol. The maximum atomic E-state index is 12.5. The van der Waals surface area contributed by atoms with Gasteiger partial charge in [0.15, 0.2) is 0 Å². The van der Waals surface area contributed by atoms with Gasteiger partial charge in [0.1, 0.15) is 0 Å². The Hall–Kier alpha value is -0.620. The van der Waals surface area contributed by atoms with E-state index in [2.05, 4.69) is 22.6 Å². The molecule has 0 radical (unpaired) electrons. The smallest absolute Gasteiger partial charge is 0.254 e. The van der Waals surface area contributed by atoms with E-state index in [0.717, 1.165) is 47.2 Å². The molecule has 0 aliphatic carbocycles. The lowest BCUT2D eigenvalue weighted by Gasteiger charge is -2.32. The number of ether oxygens (including phenoxy) is 1. The van der Waals surface area contributed by atoms with Crippen molar-refractivity contribution in [2.75, 3.05) is 19.7 Å². The average molecular weight is 373 g/mol. The molecule has 1 aromatic rings. The first kappa shape index (κ1) is 14.8. The van der Waals surface area contributed by atoms with E-state index in [1.807, 2.05) is 36.9 Å². The van der Waals surface area contributed by atoms with Gasteiger partial charge in [-0.3, -0.25) is 4.79 Å². The summed E-state index contributed by atoms with van der Waals surface area (Å²) in [5, 5.41) is 0. The Morgan fingerprint density at radius 2 is 2.11 bits per heavy atom. The van der Waals surface area contributed by atoms with E-state index in [1.165, 1.54) is 0 Å². The number of amides is 1. The van der Waals surface area contributed by atoms with Crippen LogP contribution in [-0.2, 0) is 4.74 Å². The Kier molecular flexibility index (Phi) is 5.21. The number of aryl methyl sites for hydroxylation is 1. The Labute approximate surface area is 128 Å². The number of nitrogens with zero attached hydrogens (tertiary/aromatic N) is 1. The molecule has 1 aromatic carbocycles. The molecule has 0 bridgehead atoms. The highest BCUT2D eigenvalue weighted by Gasteiger charge is 2.25. The first-order valence-corrected chi connectivity index (χ1v) is 7.87. The van der Waals surface area contributed by atoms with E-state index >= 15 is 0 Å². The minimum atomic E-state index is 0.156. The third-order valence-corrected chi connectivity index (χ3v) is 4.99. The zero-order chi connectivity index (χ0) is 13.8. The number of benzene rings is 1. The summed E-state index contributed by atoms with van der Waals surface area (Å²) in [5.41, 5.74) is 1.99. The van der Waals surface area contributed by atoms with Crippen molar-refractivity contribution in [3.63, 3.8) is 0 Å². The summed E-state index contributed by atoms with van der Waals surface area (Å²) in [4.78, 5) is 14.5. The van der Waals surface area contributed by atoms with Gasteiger partial charge in [-0.1, -0.05) is 12.1 Å². The highest BCUT2D eigenvalue weighted by atomic mass is 127. The van der Waals surface area contributed by atoms with Gasteiger partial charge in [-0.05, 0) is 60.9 Å². The molecule has 0 saturated carbocycles. The second-order valence-electron chi connectivity index (χ2n) is 4.88. The highest BCUT2D eigenvalue weighted by molar-refractivity contribution is 14.1. The van der Waals surface area contributed by atoms with E-state index in [-0.39, 0.29) is 5.91 Å². The zero-order valence-electron chi connectivity index (χ0n) is 11.5.